The maximum atomic E-state index is 12.2. The van der Waals surface area contributed by atoms with Crippen LogP contribution in [0.15, 0.2) is 0 Å². The number of hydrogen-bond acceptors (Lipinski definition) is 23. The summed E-state index contributed by atoms with van der Waals surface area (Å²) < 4.78 is 61.6. The molecule has 0 amide bonds. The minimum absolute atomic E-state index is 0.00431. The Labute approximate surface area is 430 Å². The van der Waals surface area contributed by atoms with Crippen LogP contribution in [0.4, 0.5) is 0 Å². The monoisotopic (exact) mass is 1060 g/mol. The Kier molecular flexibility index (Phi) is 16.4. The first-order valence-corrected chi connectivity index (χ1v) is 27.3. The Hall–Kier alpha value is -0.920. The smallest absolute Gasteiger partial charge is 0.187 e. The Bertz CT molecular complexity index is 1900. The van der Waals surface area contributed by atoms with Crippen LogP contribution >= 0.6 is 0 Å². The molecule has 23 heteroatoms. The molecule has 74 heavy (non-hydrogen) atoms. The number of aliphatic hydroxyl groups excluding tert-OH is 13. The standard InChI is InChI=1S/C51H84O23/c1-19-32-29(74-51(19)11-8-22(18-66-51)17-65-45-39(61)38(60)35(57)30(15-52)70-45)13-26-24-7-6-23-12-28(27(54)14-50(23,5)25(24)9-10-49(26,32)4)69-48-44(73-47-41(63)37(59)34(56)21(3)68-47)42(64)43(31(16-53)71-48)72-46-40(62)36(58)33(55)20(2)67-46/h19-48,52-64H,6-18H2,1-5H3. The highest BCUT2D eigenvalue weighted by molar-refractivity contribution is 5.16. The van der Waals surface area contributed by atoms with Gasteiger partial charge in [0.1, 0.15) is 85.5 Å². The summed E-state index contributed by atoms with van der Waals surface area (Å²) in [7, 11) is 0. The highest BCUT2D eigenvalue weighted by atomic mass is 16.8. The second-order valence-corrected chi connectivity index (χ2v) is 24.4. The molecule has 1 spiro atoms. The molecule has 0 aromatic carbocycles. The summed E-state index contributed by atoms with van der Waals surface area (Å²) in [5, 5.41) is 139. The molecule has 10 rings (SSSR count). The minimum atomic E-state index is -1.79. The van der Waals surface area contributed by atoms with Crippen molar-refractivity contribution in [3.05, 3.63) is 0 Å². The predicted octanol–water partition coefficient (Wildman–Crippen LogP) is -2.91. The SMILES string of the molecule is CC1OC(OC2C(CO)OC(OC3CC4CCC5C(CCC6(C)C5CC5OC7(CCC(COC8OC(CO)C(O)C(O)C8O)CO7)C(C)C56)C4(C)CC3O)C(OC3OC(C)C(O)C(O)C3O)C2O)C(O)C(O)C1O. The molecule has 6 heterocycles. The fraction of sp³-hybridized carbons (Fsp3) is 1.00. The highest BCUT2D eigenvalue weighted by Crippen LogP contribution is 2.71. The topological polar surface area (TPSA) is 355 Å². The predicted molar refractivity (Wildman–Crippen MR) is 248 cm³/mol. The third kappa shape index (κ3) is 9.56. The molecule has 0 aromatic heterocycles. The van der Waals surface area contributed by atoms with Gasteiger partial charge < -0.3 is 114 Å². The van der Waals surface area contributed by atoms with Crippen LogP contribution in [0.5, 0.6) is 0 Å². The van der Waals surface area contributed by atoms with E-state index in [1.165, 1.54) is 13.8 Å². The number of aliphatic hydroxyl groups is 13. The summed E-state index contributed by atoms with van der Waals surface area (Å²) in [5.74, 6) is 0.921. The Balaban J connectivity index is 0.789. The fourth-order valence-corrected chi connectivity index (χ4v) is 16.1. The molecule has 33 atom stereocenters. The van der Waals surface area contributed by atoms with Gasteiger partial charge in [0.15, 0.2) is 30.9 Å². The molecule has 4 aliphatic carbocycles. The van der Waals surface area contributed by atoms with E-state index < -0.39 is 154 Å². The van der Waals surface area contributed by atoms with Crippen LogP contribution in [0.3, 0.4) is 0 Å². The lowest BCUT2D eigenvalue weighted by Gasteiger charge is -2.62. The normalized spacial score (nSPS) is 58.6. The zero-order chi connectivity index (χ0) is 53.1. The summed E-state index contributed by atoms with van der Waals surface area (Å²) in [4.78, 5) is 0. The van der Waals surface area contributed by atoms with E-state index in [2.05, 4.69) is 20.8 Å². The number of hydrogen-bond donors (Lipinski definition) is 13. The van der Waals surface area contributed by atoms with Gasteiger partial charge in [0.05, 0.1) is 56.9 Å². The summed E-state index contributed by atoms with van der Waals surface area (Å²) in [6.45, 7) is 9.23. The maximum Gasteiger partial charge on any atom is 0.187 e. The molecule has 4 saturated carbocycles. The van der Waals surface area contributed by atoms with Crippen molar-refractivity contribution >= 4 is 0 Å². The van der Waals surface area contributed by atoms with Gasteiger partial charge in [-0.3, -0.25) is 0 Å². The van der Waals surface area contributed by atoms with Crippen molar-refractivity contribution in [1.82, 2.24) is 0 Å². The fourth-order valence-electron chi connectivity index (χ4n) is 16.1. The second kappa shape index (κ2) is 21.5. The van der Waals surface area contributed by atoms with E-state index >= 15 is 0 Å². The van der Waals surface area contributed by atoms with Gasteiger partial charge >= 0.3 is 0 Å². The van der Waals surface area contributed by atoms with Crippen LogP contribution in [0.25, 0.3) is 0 Å². The van der Waals surface area contributed by atoms with Gasteiger partial charge in [-0.1, -0.05) is 20.8 Å². The van der Waals surface area contributed by atoms with E-state index in [9.17, 15) is 66.4 Å². The van der Waals surface area contributed by atoms with E-state index in [4.69, 9.17) is 47.4 Å². The highest BCUT2D eigenvalue weighted by Gasteiger charge is 2.70. The van der Waals surface area contributed by atoms with Crippen LogP contribution in [0.2, 0.25) is 0 Å². The van der Waals surface area contributed by atoms with Gasteiger partial charge in [0.25, 0.3) is 0 Å². The number of fused-ring (bicyclic) bond motifs is 7. The molecule has 426 valence electrons. The molecule has 13 N–H and O–H groups in total. The molecular weight excluding hydrogens is 981 g/mol. The Morgan fingerprint density at radius 1 is 0.541 bits per heavy atom. The van der Waals surface area contributed by atoms with E-state index in [1.807, 2.05) is 0 Å². The van der Waals surface area contributed by atoms with Gasteiger partial charge in [-0.15, -0.1) is 0 Å². The van der Waals surface area contributed by atoms with Gasteiger partial charge in [-0.05, 0) is 106 Å². The third-order valence-corrected chi connectivity index (χ3v) is 20.4. The molecule has 33 unspecified atom stereocenters. The lowest BCUT2D eigenvalue weighted by atomic mass is 9.44. The molecular formula is C51H84O23. The van der Waals surface area contributed by atoms with Crippen LogP contribution < -0.4 is 0 Å². The second-order valence-electron chi connectivity index (χ2n) is 24.4. The van der Waals surface area contributed by atoms with Gasteiger partial charge in [0, 0.05) is 18.3 Å². The lowest BCUT2D eigenvalue weighted by molar-refractivity contribution is -0.391. The Morgan fingerprint density at radius 3 is 1.77 bits per heavy atom. The molecule has 6 saturated heterocycles. The van der Waals surface area contributed by atoms with Crippen molar-refractivity contribution < 1.29 is 114 Å². The average Bonchev–Trinajstić information content (AvgIpc) is 3.83. The van der Waals surface area contributed by atoms with Gasteiger partial charge in [-0.2, -0.15) is 0 Å². The van der Waals surface area contributed by atoms with E-state index in [-0.39, 0.29) is 47.2 Å². The van der Waals surface area contributed by atoms with Gasteiger partial charge in [-0.25, -0.2) is 0 Å². The molecule has 23 nitrogen and oxygen atoms in total. The summed E-state index contributed by atoms with van der Waals surface area (Å²) >= 11 is 0. The molecule has 6 aliphatic heterocycles. The van der Waals surface area contributed by atoms with Crippen molar-refractivity contribution in [1.29, 1.82) is 0 Å². The van der Waals surface area contributed by atoms with Crippen LogP contribution in [0, 0.1) is 52.3 Å². The first-order valence-electron chi connectivity index (χ1n) is 27.3. The molecule has 0 radical (unpaired) electrons. The molecule has 0 bridgehead atoms. The largest absolute Gasteiger partial charge is 0.394 e. The lowest BCUT2D eigenvalue weighted by Crippen LogP contribution is -2.67. The van der Waals surface area contributed by atoms with Crippen molar-refractivity contribution in [3.8, 4) is 0 Å². The van der Waals surface area contributed by atoms with E-state index in [0.29, 0.717) is 43.6 Å². The number of ether oxygens (including phenoxy) is 10. The average molecular weight is 1070 g/mol. The maximum absolute atomic E-state index is 12.2. The van der Waals surface area contributed by atoms with Crippen molar-refractivity contribution in [3.63, 3.8) is 0 Å². The third-order valence-electron chi connectivity index (χ3n) is 20.4. The van der Waals surface area contributed by atoms with E-state index in [1.54, 1.807) is 0 Å². The molecule has 0 aromatic rings. The molecule has 10 fully saturated rings. The van der Waals surface area contributed by atoms with Crippen molar-refractivity contribution in [2.45, 2.75) is 239 Å². The first-order chi connectivity index (χ1) is 35.0. The summed E-state index contributed by atoms with van der Waals surface area (Å²) in [6, 6.07) is 0. The van der Waals surface area contributed by atoms with Crippen molar-refractivity contribution in [2.24, 2.45) is 52.3 Å². The summed E-state index contributed by atoms with van der Waals surface area (Å²) in [5.41, 5.74) is -0.239. The van der Waals surface area contributed by atoms with Crippen LogP contribution in [-0.4, -0.2) is 240 Å². The minimum Gasteiger partial charge on any atom is -0.394 e. The first kappa shape index (κ1) is 56.4. The summed E-state index contributed by atoms with van der Waals surface area (Å²) in [6.07, 6.45) is -24.2. The zero-order valence-corrected chi connectivity index (χ0v) is 42.9. The van der Waals surface area contributed by atoms with Crippen LogP contribution in [0.1, 0.15) is 92.4 Å². The Morgan fingerprint density at radius 2 is 1.15 bits per heavy atom. The van der Waals surface area contributed by atoms with Crippen LogP contribution in [-0.2, 0) is 47.4 Å². The quantitative estimate of drug-likeness (QED) is 0.0923. The zero-order valence-electron chi connectivity index (χ0n) is 42.9. The van der Waals surface area contributed by atoms with E-state index in [0.717, 1.165) is 38.5 Å². The molecule has 10 aliphatic rings. The number of rotatable bonds is 11. The van der Waals surface area contributed by atoms with Crippen molar-refractivity contribution in [2.75, 3.05) is 26.4 Å². The van der Waals surface area contributed by atoms with Gasteiger partial charge in [0.2, 0.25) is 0 Å².